The van der Waals surface area contributed by atoms with Crippen molar-refractivity contribution in [1.29, 1.82) is 0 Å². The molecule has 0 amide bonds. The molecular weight excluding hydrogens is 291 g/mol. The lowest BCUT2D eigenvalue weighted by Crippen LogP contribution is -2.21. The van der Waals surface area contributed by atoms with Crippen molar-refractivity contribution in [3.05, 3.63) is 56.0 Å². The third-order valence-electron chi connectivity index (χ3n) is 3.12. The van der Waals surface area contributed by atoms with Crippen molar-refractivity contribution < 1.29 is 18.1 Å². The molecule has 0 unspecified atom stereocenters. The molecular formula is C12H10F3N3O3. The van der Waals surface area contributed by atoms with E-state index in [0.29, 0.717) is 0 Å². The number of hydrogen-bond donors (Lipinski definition) is 0. The smallest absolute Gasteiger partial charge is 0.278 e. The molecule has 0 saturated heterocycles. The Morgan fingerprint density at radius 2 is 1.90 bits per heavy atom. The highest BCUT2D eigenvalue weighted by Crippen LogP contribution is 2.30. The number of nitrogens with zero attached hydrogens (tertiary/aromatic N) is 3. The van der Waals surface area contributed by atoms with Gasteiger partial charge in [0.15, 0.2) is 0 Å². The molecule has 0 bridgehead atoms. The van der Waals surface area contributed by atoms with Crippen molar-refractivity contribution in [2.75, 3.05) is 0 Å². The van der Waals surface area contributed by atoms with E-state index >= 15 is 0 Å². The molecule has 0 aliphatic rings. The van der Waals surface area contributed by atoms with Crippen LogP contribution in [0.5, 0.6) is 0 Å². The minimum Gasteiger partial charge on any atom is -0.278 e. The zero-order valence-corrected chi connectivity index (χ0v) is 11.0. The minimum absolute atomic E-state index is 0.0578. The van der Waals surface area contributed by atoms with Crippen LogP contribution in [-0.2, 0) is 13.2 Å². The van der Waals surface area contributed by atoms with Crippen molar-refractivity contribution in [2.45, 2.75) is 13.1 Å². The summed E-state index contributed by atoms with van der Waals surface area (Å²) in [5.74, 6) is 0. The third-order valence-corrected chi connectivity index (χ3v) is 3.12. The van der Waals surface area contributed by atoms with E-state index in [1.807, 2.05) is 0 Å². The summed E-state index contributed by atoms with van der Waals surface area (Å²) in [4.78, 5) is 22.1. The predicted molar refractivity (Wildman–Crippen MR) is 67.4 cm³/mol. The van der Waals surface area contributed by atoms with Gasteiger partial charge in [-0.3, -0.25) is 19.6 Å². The Kier molecular flexibility index (Phi) is 3.36. The van der Waals surface area contributed by atoms with Crippen LogP contribution in [0.25, 0.3) is 5.69 Å². The first-order valence-electron chi connectivity index (χ1n) is 5.75. The Bertz CT molecular complexity index is 774. The van der Waals surface area contributed by atoms with Gasteiger partial charge in [0, 0.05) is 7.05 Å². The number of benzene rings is 1. The maximum absolute atomic E-state index is 12.7. The van der Waals surface area contributed by atoms with Crippen LogP contribution < -0.4 is 5.56 Å². The van der Waals surface area contributed by atoms with Gasteiger partial charge in [-0.05, 0) is 25.1 Å². The molecule has 0 N–H and O–H groups in total. The normalized spacial score (nSPS) is 11.7. The molecule has 0 aliphatic heterocycles. The standard InChI is InChI=1S/C12H10F3N3O3/c1-7-10(18(20)21)11(19)17(16(7)2)9-5-3-4-8(6-9)12(13,14)15/h3-6H,1-2H3. The Labute approximate surface area is 116 Å². The monoisotopic (exact) mass is 301 g/mol. The number of nitro groups is 1. The fourth-order valence-electron chi connectivity index (χ4n) is 2.01. The van der Waals surface area contributed by atoms with Crippen molar-refractivity contribution in [2.24, 2.45) is 7.05 Å². The second-order valence-corrected chi connectivity index (χ2v) is 4.38. The van der Waals surface area contributed by atoms with Crippen LogP contribution in [0.15, 0.2) is 29.1 Å². The quantitative estimate of drug-likeness (QED) is 0.631. The van der Waals surface area contributed by atoms with Gasteiger partial charge in [0.05, 0.1) is 16.2 Å². The molecule has 0 atom stereocenters. The number of aromatic nitrogens is 2. The van der Waals surface area contributed by atoms with Crippen LogP contribution >= 0.6 is 0 Å². The number of rotatable bonds is 2. The van der Waals surface area contributed by atoms with Crippen LogP contribution in [0.4, 0.5) is 18.9 Å². The summed E-state index contributed by atoms with van der Waals surface area (Å²) >= 11 is 0. The number of alkyl halides is 3. The first-order chi connectivity index (χ1) is 9.64. The number of halogens is 3. The summed E-state index contributed by atoms with van der Waals surface area (Å²) in [6, 6.07) is 4.04. The lowest BCUT2D eigenvalue weighted by molar-refractivity contribution is -0.386. The summed E-state index contributed by atoms with van der Waals surface area (Å²) in [5.41, 5.74) is -2.60. The van der Waals surface area contributed by atoms with Gasteiger partial charge in [-0.15, -0.1) is 0 Å². The van der Waals surface area contributed by atoms with Crippen LogP contribution in [0.3, 0.4) is 0 Å². The molecule has 9 heteroatoms. The highest BCUT2D eigenvalue weighted by atomic mass is 19.4. The largest absolute Gasteiger partial charge is 0.416 e. The Hall–Kier alpha value is -2.58. The van der Waals surface area contributed by atoms with Crippen molar-refractivity contribution in [3.63, 3.8) is 0 Å². The summed E-state index contributed by atoms with van der Waals surface area (Å²) in [7, 11) is 1.37. The topological polar surface area (TPSA) is 70.1 Å². The van der Waals surface area contributed by atoms with Crippen LogP contribution in [0.2, 0.25) is 0 Å². The van der Waals surface area contributed by atoms with E-state index in [1.165, 1.54) is 20.0 Å². The van der Waals surface area contributed by atoms with E-state index in [-0.39, 0.29) is 11.4 Å². The fraction of sp³-hybridized carbons (Fsp3) is 0.250. The van der Waals surface area contributed by atoms with E-state index in [9.17, 15) is 28.1 Å². The predicted octanol–water partition coefficient (Wildman–Crippen LogP) is 2.41. The molecule has 21 heavy (non-hydrogen) atoms. The SMILES string of the molecule is Cc1c([N+](=O)[O-])c(=O)n(-c2cccc(C(F)(F)F)c2)n1C. The molecule has 2 aromatic rings. The average molecular weight is 301 g/mol. The van der Waals surface area contributed by atoms with Gasteiger partial charge in [-0.2, -0.15) is 13.2 Å². The molecule has 0 fully saturated rings. The molecule has 0 spiro atoms. The Morgan fingerprint density at radius 3 is 2.38 bits per heavy atom. The van der Waals surface area contributed by atoms with Crippen LogP contribution in [0, 0.1) is 17.0 Å². The molecule has 0 aliphatic carbocycles. The second-order valence-electron chi connectivity index (χ2n) is 4.38. The number of hydrogen-bond acceptors (Lipinski definition) is 3. The zero-order valence-electron chi connectivity index (χ0n) is 11.0. The third kappa shape index (κ3) is 2.41. The van der Waals surface area contributed by atoms with E-state index in [4.69, 9.17) is 0 Å². The van der Waals surface area contributed by atoms with Gasteiger partial charge in [-0.1, -0.05) is 6.07 Å². The summed E-state index contributed by atoms with van der Waals surface area (Å²) in [6.45, 7) is 1.35. The molecule has 0 saturated carbocycles. The summed E-state index contributed by atoms with van der Waals surface area (Å²) in [5, 5.41) is 10.9. The van der Waals surface area contributed by atoms with Gasteiger partial charge in [0.25, 0.3) is 0 Å². The lowest BCUT2D eigenvalue weighted by Gasteiger charge is -2.11. The van der Waals surface area contributed by atoms with Gasteiger partial charge in [-0.25, -0.2) is 4.68 Å². The first-order valence-corrected chi connectivity index (χ1v) is 5.75. The highest BCUT2D eigenvalue weighted by molar-refractivity contribution is 5.41. The van der Waals surface area contributed by atoms with E-state index < -0.39 is 27.9 Å². The fourth-order valence-corrected chi connectivity index (χ4v) is 2.01. The maximum Gasteiger partial charge on any atom is 0.416 e. The highest BCUT2D eigenvalue weighted by Gasteiger charge is 2.31. The van der Waals surface area contributed by atoms with Gasteiger partial charge in [0.2, 0.25) is 0 Å². The molecule has 2 rings (SSSR count). The van der Waals surface area contributed by atoms with E-state index in [2.05, 4.69) is 0 Å². The van der Waals surface area contributed by atoms with Crippen LogP contribution in [0.1, 0.15) is 11.3 Å². The molecule has 1 heterocycles. The maximum atomic E-state index is 12.7. The van der Waals surface area contributed by atoms with E-state index in [1.54, 1.807) is 0 Å². The Balaban J connectivity index is 2.72. The average Bonchev–Trinajstić information content (AvgIpc) is 2.59. The molecule has 1 aromatic heterocycles. The van der Waals surface area contributed by atoms with Gasteiger partial charge < -0.3 is 0 Å². The van der Waals surface area contributed by atoms with Crippen molar-refractivity contribution in [3.8, 4) is 5.69 Å². The molecule has 0 radical (unpaired) electrons. The first kappa shape index (κ1) is 14.8. The van der Waals surface area contributed by atoms with Crippen molar-refractivity contribution in [1.82, 2.24) is 9.36 Å². The zero-order chi connectivity index (χ0) is 15.9. The van der Waals surface area contributed by atoms with Gasteiger partial charge >= 0.3 is 17.4 Å². The van der Waals surface area contributed by atoms with Gasteiger partial charge in [0.1, 0.15) is 5.69 Å². The minimum atomic E-state index is -4.56. The van der Waals surface area contributed by atoms with Crippen molar-refractivity contribution >= 4 is 5.69 Å². The summed E-state index contributed by atoms with van der Waals surface area (Å²) < 4.78 is 40.1. The summed E-state index contributed by atoms with van der Waals surface area (Å²) in [6.07, 6.45) is -4.56. The molecule has 1 aromatic carbocycles. The molecule has 6 nitrogen and oxygen atoms in total. The lowest BCUT2D eigenvalue weighted by atomic mass is 10.2. The second kappa shape index (κ2) is 4.76. The molecule has 112 valence electrons. The van der Waals surface area contributed by atoms with E-state index in [0.717, 1.165) is 27.6 Å². The van der Waals surface area contributed by atoms with Crippen LogP contribution in [-0.4, -0.2) is 14.3 Å². The Morgan fingerprint density at radius 1 is 1.29 bits per heavy atom.